The van der Waals surface area contributed by atoms with Crippen LogP contribution in [0.5, 0.6) is 0 Å². The van der Waals surface area contributed by atoms with Gasteiger partial charge in [-0.05, 0) is 60.4 Å². The number of carbonyl (C=O) groups is 3. The maximum atomic E-state index is 13.8. The molecule has 0 aliphatic carbocycles. The number of amides is 3. The molecule has 2 fully saturated rings. The summed E-state index contributed by atoms with van der Waals surface area (Å²) < 4.78 is 24.9. The number of halogens is 1. The quantitative estimate of drug-likeness (QED) is 0.326. The second-order valence-corrected chi connectivity index (χ2v) is 11.7. The Morgan fingerprint density at radius 1 is 1.07 bits per heavy atom. The van der Waals surface area contributed by atoms with Gasteiger partial charge in [-0.1, -0.05) is 60.3 Å². The van der Waals surface area contributed by atoms with Gasteiger partial charge in [0.1, 0.15) is 29.5 Å². The van der Waals surface area contributed by atoms with Crippen LogP contribution in [-0.2, 0) is 25.7 Å². The van der Waals surface area contributed by atoms with Crippen molar-refractivity contribution in [1.29, 1.82) is 0 Å². The molecule has 1 unspecified atom stereocenters. The van der Waals surface area contributed by atoms with Gasteiger partial charge in [-0.3, -0.25) is 19.4 Å². The van der Waals surface area contributed by atoms with Gasteiger partial charge < -0.3 is 14.8 Å². The molecule has 0 bridgehead atoms. The molecule has 3 aromatic rings. The number of aliphatic imine (C=N–C) groups is 1. The maximum Gasteiger partial charge on any atom is 0.410 e. The van der Waals surface area contributed by atoms with Gasteiger partial charge in [0.15, 0.2) is 5.17 Å². The predicted molar refractivity (Wildman–Crippen MR) is 166 cm³/mol. The molecule has 0 aromatic heterocycles. The van der Waals surface area contributed by atoms with E-state index >= 15 is 0 Å². The highest BCUT2D eigenvalue weighted by atomic mass is 32.2. The Morgan fingerprint density at radius 3 is 2.64 bits per heavy atom. The van der Waals surface area contributed by atoms with E-state index in [1.165, 1.54) is 28.8 Å². The number of hydrogen-bond donors (Lipinski definition) is 1. The van der Waals surface area contributed by atoms with Crippen molar-refractivity contribution < 1.29 is 28.2 Å². The largest absolute Gasteiger partial charge is 0.496 e. The summed E-state index contributed by atoms with van der Waals surface area (Å²) in [5, 5.41) is 2.79. The van der Waals surface area contributed by atoms with E-state index in [1.54, 1.807) is 41.3 Å². The number of hydrogen-bond acceptors (Lipinski definition) is 7. The molecule has 9 nitrogen and oxygen atoms in total. The van der Waals surface area contributed by atoms with Crippen molar-refractivity contribution in [3.05, 3.63) is 108 Å². The molecule has 3 aliphatic heterocycles. The number of thioether (sulfide) groups is 1. The summed E-state index contributed by atoms with van der Waals surface area (Å²) in [5.74, 6) is -0.157. The van der Waals surface area contributed by atoms with Crippen molar-refractivity contribution in [3.8, 4) is 0 Å². The Morgan fingerprint density at radius 2 is 1.89 bits per heavy atom. The molecule has 2 saturated heterocycles. The van der Waals surface area contributed by atoms with Gasteiger partial charge in [-0.2, -0.15) is 0 Å². The molecule has 0 spiro atoms. The lowest BCUT2D eigenvalue weighted by molar-refractivity contribution is -0.126. The second-order valence-electron chi connectivity index (χ2n) is 10.6. The van der Waals surface area contributed by atoms with Crippen LogP contribution < -0.4 is 5.32 Å². The van der Waals surface area contributed by atoms with Gasteiger partial charge in [0.25, 0.3) is 0 Å². The van der Waals surface area contributed by atoms with Crippen LogP contribution in [0.3, 0.4) is 0 Å². The first-order valence-electron chi connectivity index (χ1n) is 14.5. The van der Waals surface area contributed by atoms with E-state index in [0.29, 0.717) is 48.3 Å². The predicted octanol–water partition coefficient (Wildman–Crippen LogP) is 6.17. The van der Waals surface area contributed by atoms with Crippen LogP contribution in [0.2, 0.25) is 0 Å². The molecule has 1 N–H and O–H groups in total. The summed E-state index contributed by atoms with van der Waals surface area (Å²) in [6.45, 7) is 1.41. The third-order valence-corrected chi connectivity index (χ3v) is 8.78. The van der Waals surface area contributed by atoms with E-state index in [9.17, 15) is 18.8 Å². The van der Waals surface area contributed by atoms with Gasteiger partial charge in [0, 0.05) is 18.7 Å². The normalized spacial score (nSPS) is 20.5. The van der Waals surface area contributed by atoms with Gasteiger partial charge >= 0.3 is 6.09 Å². The highest BCUT2D eigenvalue weighted by Gasteiger charge is 2.40. The van der Waals surface area contributed by atoms with Crippen LogP contribution in [0.4, 0.5) is 20.6 Å². The van der Waals surface area contributed by atoms with Crippen LogP contribution in [0.15, 0.2) is 95.7 Å². The zero-order valence-corrected chi connectivity index (χ0v) is 24.7. The van der Waals surface area contributed by atoms with Crippen LogP contribution in [0.25, 0.3) is 0 Å². The standard InChI is InChI=1S/C33H31FN4O5S/c34-24-9-4-10-26(19-24)36-32-38(20-27-11-6-18-42-27)31(40)29(44-32)23-13-15-25(16-14-23)35-30(39)28-12-5-17-37(28)33(41)43-21-22-7-2-1-3-8-22/h1-4,7-11,13-16,19,28-29H,5-6,12,17-18,20-21H2,(H,35,39)/b36-32-/t28-,29?/m0/s1. The second kappa shape index (κ2) is 13.3. The van der Waals surface area contributed by atoms with Crippen molar-refractivity contribution >= 4 is 46.2 Å². The summed E-state index contributed by atoms with van der Waals surface area (Å²) >= 11 is 1.29. The van der Waals surface area contributed by atoms with Crippen LogP contribution in [-0.4, -0.2) is 58.6 Å². The summed E-state index contributed by atoms with van der Waals surface area (Å²) in [6.07, 6.45) is 3.47. The number of likely N-dealkylation sites (tertiary alicyclic amines) is 1. The summed E-state index contributed by atoms with van der Waals surface area (Å²) in [6, 6.07) is 21.7. The van der Waals surface area contributed by atoms with Crippen LogP contribution >= 0.6 is 11.8 Å². The number of benzene rings is 3. The summed E-state index contributed by atoms with van der Waals surface area (Å²) in [5.41, 5.74) is 2.57. The molecule has 2 atom stereocenters. The van der Waals surface area contributed by atoms with Gasteiger partial charge in [-0.25, -0.2) is 14.2 Å². The smallest absolute Gasteiger partial charge is 0.410 e. The topological polar surface area (TPSA) is 101 Å². The number of amidine groups is 1. The molecule has 226 valence electrons. The SMILES string of the molecule is O=C(Nc1ccc(C2S/C(=N\c3cccc(F)c3)N(CC3=CCCO3)C2=O)cc1)[C@@H]1CCCN1C(=O)OCc1ccccc1. The van der Waals surface area contributed by atoms with Gasteiger partial charge in [0.2, 0.25) is 11.8 Å². The monoisotopic (exact) mass is 614 g/mol. The van der Waals surface area contributed by atoms with Crippen LogP contribution in [0, 0.1) is 5.82 Å². The fourth-order valence-electron chi connectivity index (χ4n) is 5.32. The molecular formula is C33H31FN4O5S. The number of nitrogens with zero attached hydrogens (tertiary/aromatic N) is 3. The molecular weight excluding hydrogens is 583 g/mol. The van der Waals surface area contributed by atoms with Gasteiger partial charge in [0.05, 0.1) is 18.8 Å². The Balaban J connectivity index is 1.12. The molecule has 0 radical (unpaired) electrons. The van der Waals surface area contributed by atoms with Gasteiger partial charge in [-0.15, -0.1) is 0 Å². The minimum atomic E-state index is -0.632. The van der Waals surface area contributed by atoms with Crippen molar-refractivity contribution in [2.24, 2.45) is 4.99 Å². The van der Waals surface area contributed by atoms with Crippen molar-refractivity contribution in [3.63, 3.8) is 0 Å². The number of ether oxygens (including phenoxy) is 2. The van der Waals surface area contributed by atoms with E-state index in [4.69, 9.17) is 9.47 Å². The molecule has 3 amide bonds. The van der Waals surface area contributed by atoms with E-state index in [2.05, 4.69) is 10.3 Å². The summed E-state index contributed by atoms with van der Waals surface area (Å²) in [7, 11) is 0. The number of nitrogens with one attached hydrogen (secondary N) is 1. The van der Waals surface area contributed by atoms with E-state index < -0.39 is 23.2 Å². The van der Waals surface area contributed by atoms with E-state index in [0.717, 1.165) is 17.5 Å². The lowest BCUT2D eigenvalue weighted by Gasteiger charge is -2.23. The van der Waals surface area contributed by atoms with E-state index in [1.807, 2.05) is 36.4 Å². The third kappa shape index (κ3) is 6.78. The summed E-state index contributed by atoms with van der Waals surface area (Å²) in [4.78, 5) is 47.1. The minimum absolute atomic E-state index is 0.139. The average Bonchev–Trinajstić information content (AvgIpc) is 3.80. The lowest BCUT2D eigenvalue weighted by Crippen LogP contribution is -2.43. The lowest BCUT2D eigenvalue weighted by atomic mass is 10.1. The first-order chi connectivity index (χ1) is 21.4. The number of anilines is 1. The number of rotatable bonds is 8. The zero-order chi connectivity index (χ0) is 30.5. The highest BCUT2D eigenvalue weighted by molar-refractivity contribution is 8.15. The molecule has 44 heavy (non-hydrogen) atoms. The zero-order valence-electron chi connectivity index (χ0n) is 23.9. The fourth-order valence-corrected chi connectivity index (χ4v) is 6.49. The third-order valence-electron chi connectivity index (χ3n) is 7.54. The number of carbonyl (C=O) groups excluding carboxylic acids is 3. The fraction of sp³-hybridized carbons (Fsp3) is 0.273. The Kier molecular flexibility index (Phi) is 8.92. The molecule has 3 heterocycles. The maximum absolute atomic E-state index is 13.8. The molecule has 3 aromatic carbocycles. The Hall–Kier alpha value is -4.64. The van der Waals surface area contributed by atoms with Crippen LogP contribution in [0.1, 0.15) is 35.6 Å². The first-order valence-corrected chi connectivity index (χ1v) is 15.3. The Labute approximate surface area is 258 Å². The minimum Gasteiger partial charge on any atom is -0.496 e. The molecule has 6 rings (SSSR count). The van der Waals surface area contributed by atoms with Crippen molar-refractivity contribution in [2.75, 3.05) is 25.0 Å². The molecule has 3 aliphatic rings. The van der Waals surface area contributed by atoms with E-state index in [-0.39, 0.29) is 25.0 Å². The molecule has 11 heteroatoms. The van der Waals surface area contributed by atoms with Crippen molar-refractivity contribution in [1.82, 2.24) is 9.80 Å². The molecule has 0 saturated carbocycles. The first kappa shape index (κ1) is 29.4. The highest BCUT2D eigenvalue weighted by Crippen LogP contribution is 2.41. The van der Waals surface area contributed by atoms with Crippen molar-refractivity contribution in [2.45, 2.75) is 37.2 Å². The Bertz CT molecular complexity index is 1600. The average molecular weight is 615 g/mol.